The van der Waals surface area contributed by atoms with E-state index >= 15 is 0 Å². The predicted molar refractivity (Wildman–Crippen MR) is 245 cm³/mol. The van der Waals surface area contributed by atoms with Crippen molar-refractivity contribution < 1.29 is 28.4 Å². The van der Waals surface area contributed by atoms with E-state index in [1.165, 1.54) is 205 Å². The third-order valence-electron chi connectivity index (χ3n) is 11.7. The molecule has 0 fully saturated rings. The summed E-state index contributed by atoms with van der Waals surface area (Å²) in [5.41, 5.74) is 5.39. The van der Waals surface area contributed by atoms with Gasteiger partial charge in [0.1, 0.15) is 0 Å². The number of nitrogens with one attached hydrogen (secondary N) is 1. The number of carbonyl (C=O) groups excluding carboxylic acids is 1. The summed E-state index contributed by atoms with van der Waals surface area (Å²) in [7, 11) is -4.31. The number of phosphoric ester groups is 1. The standard InChI is InChI=1S/C48H99N2O6P/c1-3-5-7-9-11-13-15-17-18-19-20-21-22-23-24-25-26-27-28-30-32-34-36-38-40-42-48(52)50-46(45-56-57(53,54)55-44-43-49)47(51)41-39-37-35-33-31-29-16-14-12-10-8-6-4-2/h46-47,51H,3-45,49H2,1-2H3,(H,50,52)(H,53,54)/t46-,47+/m0/s1. The fourth-order valence-electron chi connectivity index (χ4n) is 7.90. The van der Waals surface area contributed by atoms with Crippen LogP contribution in [0.5, 0.6) is 0 Å². The van der Waals surface area contributed by atoms with Gasteiger partial charge in [0, 0.05) is 13.0 Å². The van der Waals surface area contributed by atoms with Gasteiger partial charge >= 0.3 is 7.82 Å². The normalized spacial score (nSPS) is 13.8. The molecule has 0 aromatic heterocycles. The average Bonchev–Trinajstić information content (AvgIpc) is 3.20. The zero-order valence-electron chi connectivity index (χ0n) is 38.1. The molecule has 0 spiro atoms. The van der Waals surface area contributed by atoms with Crippen molar-refractivity contribution in [2.45, 2.75) is 283 Å². The molecule has 0 aliphatic rings. The fourth-order valence-corrected chi connectivity index (χ4v) is 8.66. The van der Waals surface area contributed by atoms with Crippen LogP contribution in [0, 0.1) is 0 Å². The number of hydrogen-bond donors (Lipinski definition) is 4. The van der Waals surface area contributed by atoms with Crippen LogP contribution in [-0.2, 0) is 18.4 Å². The van der Waals surface area contributed by atoms with Gasteiger partial charge in [-0.15, -0.1) is 0 Å². The summed E-state index contributed by atoms with van der Waals surface area (Å²) < 4.78 is 22.2. The van der Waals surface area contributed by atoms with Crippen molar-refractivity contribution in [2.24, 2.45) is 5.73 Å². The lowest BCUT2D eigenvalue weighted by Crippen LogP contribution is -2.46. The Morgan fingerprint density at radius 2 is 0.807 bits per heavy atom. The summed E-state index contributed by atoms with van der Waals surface area (Å²) >= 11 is 0. The van der Waals surface area contributed by atoms with E-state index in [9.17, 15) is 19.4 Å². The molecule has 3 atom stereocenters. The molecule has 8 nitrogen and oxygen atoms in total. The minimum absolute atomic E-state index is 0.0926. The smallest absolute Gasteiger partial charge is 0.391 e. The second kappa shape index (κ2) is 45.0. The molecule has 9 heteroatoms. The number of aliphatic hydroxyl groups is 1. The molecular formula is C48H99N2O6P. The Kier molecular flexibility index (Phi) is 44.6. The molecule has 1 unspecified atom stereocenters. The van der Waals surface area contributed by atoms with Gasteiger partial charge in [-0.3, -0.25) is 13.8 Å². The number of aliphatic hydroxyl groups excluding tert-OH is 1. The fraction of sp³-hybridized carbons (Fsp3) is 0.979. The number of unbranched alkanes of at least 4 members (excludes halogenated alkanes) is 36. The maximum Gasteiger partial charge on any atom is 0.472 e. The van der Waals surface area contributed by atoms with E-state index in [-0.39, 0.29) is 25.7 Å². The lowest BCUT2D eigenvalue weighted by molar-refractivity contribution is -0.123. The SMILES string of the molecule is CCCCCCCCCCCCCCCCCCCCCCCCCCCC(=O)N[C@@H](COP(=O)(O)OCCN)[C@H](O)CCCCCCCCCCCCCCC. The number of phosphoric acid groups is 1. The van der Waals surface area contributed by atoms with Crippen LogP contribution in [0.2, 0.25) is 0 Å². The molecule has 0 radical (unpaired) electrons. The van der Waals surface area contributed by atoms with Crippen molar-refractivity contribution in [1.29, 1.82) is 0 Å². The monoisotopic (exact) mass is 831 g/mol. The van der Waals surface area contributed by atoms with Crippen molar-refractivity contribution in [3.63, 3.8) is 0 Å². The van der Waals surface area contributed by atoms with Gasteiger partial charge in [0.2, 0.25) is 5.91 Å². The van der Waals surface area contributed by atoms with Gasteiger partial charge in [-0.2, -0.15) is 0 Å². The highest BCUT2D eigenvalue weighted by Gasteiger charge is 2.27. The van der Waals surface area contributed by atoms with Gasteiger partial charge in [-0.05, 0) is 12.8 Å². The molecule has 342 valence electrons. The average molecular weight is 831 g/mol. The Morgan fingerprint density at radius 3 is 1.12 bits per heavy atom. The number of rotatable bonds is 48. The molecule has 0 saturated heterocycles. The molecule has 0 heterocycles. The van der Waals surface area contributed by atoms with Crippen molar-refractivity contribution in [3.05, 3.63) is 0 Å². The van der Waals surface area contributed by atoms with Gasteiger partial charge in [-0.25, -0.2) is 4.57 Å². The lowest BCUT2D eigenvalue weighted by Gasteiger charge is -2.25. The van der Waals surface area contributed by atoms with Crippen LogP contribution in [0.3, 0.4) is 0 Å². The number of carbonyl (C=O) groups is 1. The minimum atomic E-state index is -4.31. The molecule has 0 rings (SSSR count). The quantitative estimate of drug-likeness (QED) is 0.0355. The van der Waals surface area contributed by atoms with Gasteiger partial charge in [0.05, 0.1) is 25.4 Å². The molecule has 0 aliphatic carbocycles. The molecule has 0 aliphatic heterocycles. The third kappa shape index (κ3) is 43.4. The minimum Gasteiger partial charge on any atom is -0.391 e. The Balaban J connectivity index is 3.92. The molecule has 1 amide bonds. The summed E-state index contributed by atoms with van der Waals surface area (Å²) in [6, 6.07) is -0.768. The number of nitrogens with two attached hydrogens (primary N) is 1. The summed E-state index contributed by atoms with van der Waals surface area (Å²) in [4.78, 5) is 22.8. The van der Waals surface area contributed by atoms with E-state index in [0.717, 1.165) is 38.5 Å². The van der Waals surface area contributed by atoms with E-state index in [1.54, 1.807) is 0 Å². The van der Waals surface area contributed by atoms with Crippen LogP contribution in [0.1, 0.15) is 271 Å². The van der Waals surface area contributed by atoms with Crippen LogP contribution in [0.15, 0.2) is 0 Å². The Bertz CT molecular complexity index is 865. The first-order chi connectivity index (χ1) is 27.9. The third-order valence-corrected chi connectivity index (χ3v) is 12.7. The zero-order valence-corrected chi connectivity index (χ0v) is 39.0. The van der Waals surface area contributed by atoms with Crippen LogP contribution >= 0.6 is 7.82 Å². The van der Waals surface area contributed by atoms with Crippen LogP contribution < -0.4 is 11.1 Å². The molecule has 0 aromatic carbocycles. The molecule has 0 aromatic rings. The number of hydrogen-bond acceptors (Lipinski definition) is 6. The summed E-state index contributed by atoms with van der Waals surface area (Å²) in [5, 5.41) is 13.8. The summed E-state index contributed by atoms with van der Waals surface area (Å²) in [6.45, 7) is 4.25. The highest BCUT2D eigenvalue weighted by atomic mass is 31.2. The maximum atomic E-state index is 12.8. The molecular weight excluding hydrogens is 732 g/mol. The largest absolute Gasteiger partial charge is 0.472 e. The highest BCUT2D eigenvalue weighted by Crippen LogP contribution is 2.43. The Hall–Kier alpha value is -0.500. The lowest BCUT2D eigenvalue weighted by atomic mass is 10.0. The molecule has 5 N–H and O–H groups in total. The number of amides is 1. The topological polar surface area (TPSA) is 131 Å². The van der Waals surface area contributed by atoms with Gasteiger partial charge in [0.15, 0.2) is 0 Å². The Morgan fingerprint density at radius 1 is 0.509 bits per heavy atom. The first-order valence-corrected chi connectivity index (χ1v) is 26.6. The molecule has 0 bridgehead atoms. The first-order valence-electron chi connectivity index (χ1n) is 25.2. The summed E-state index contributed by atoms with van der Waals surface area (Å²) in [5.74, 6) is -0.155. The molecule has 57 heavy (non-hydrogen) atoms. The molecule has 0 saturated carbocycles. The van der Waals surface area contributed by atoms with Crippen molar-refractivity contribution in [2.75, 3.05) is 19.8 Å². The van der Waals surface area contributed by atoms with E-state index in [0.29, 0.717) is 12.8 Å². The highest BCUT2D eigenvalue weighted by molar-refractivity contribution is 7.47. The van der Waals surface area contributed by atoms with Crippen molar-refractivity contribution in [3.8, 4) is 0 Å². The second-order valence-electron chi connectivity index (χ2n) is 17.4. The maximum absolute atomic E-state index is 12.8. The predicted octanol–water partition coefficient (Wildman–Crippen LogP) is 14.6. The summed E-state index contributed by atoms with van der Waals surface area (Å²) in [6.07, 6.45) is 49.9. The van der Waals surface area contributed by atoms with E-state index in [4.69, 9.17) is 14.8 Å². The van der Waals surface area contributed by atoms with Gasteiger partial charge in [-0.1, -0.05) is 251 Å². The van der Waals surface area contributed by atoms with Gasteiger partial charge in [0.25, 0.3) is 0 Å². The van der Waals surface area contributed by atoms with E-state index in [1.807, 2.05) is 0 Å². The van der Waals surface area contributed by atoms with Gasteiger partial charge < -0.3 is 21.1 Å². The second-order valence-corrected chi connectivity index (χ2v) is 18.8. The van der Waals surface area contributed by atoms with E-state index in [2.05, 4.69) is 19.2 Å². The first kappa shape index (κ1) is 56.5. The van der Waals surface area contributed by atoms with Crippen molar-refractivity contribution >= 4 is 13.7 Å². The van der Waals surface area contributed by atoms with Crippen LogP contribution in [0.4, 0.5) is 0 Å². The van der Waals surface area contributed by atoms with Crippen molar-refractivity contribution in [1.82, 2.24) is 5.32 Å². The van der Waals surface area contributed by atoms with Crippen LogP contribution in [-0.4, -0.2) is 47.8 Å². The Labute approximate surface area is 354 Å². The zero-order chi connectivity index (χ0) is 41.8. The van der Waals surface area contributed by atoms with Crippen LogP contribution in [0.25, 0.3) is 0 Å². The van der Waals surface area contributed by atoms with E-state index < -0.39 is 20.0 Å².